The molecule has 3 heteroatoms. The molecule has 2 rings (SSSR count). The first-order valence-corrected chi connectivity index (χ1v) is 5.32. The van der Waals surface area contributed by atoms with Gasteiger partial charge in [0.15, 0.2) is 11.5 Å². The highest BCUT2D eigenvalue weighted by atomic mass is 16.3. The smallest absolute Gasteiger partial charge is 0.165 e. The van der Waals surface area contributed by atoms with Crippen LogP contribution in [-0.4, -0.2) is 15.3 Å². The number of hydrogen-bond donors (Lipinski definition) is 3. The van der Waals surface area contributed by atoms with Crippen LogP contribution < -0.4 is 0 Å². The Balaban J connectivity index is 2.73. The zero-order chi connectivity index (χ0) is 12.6. The maximum Gasteiger partial charge on any atom is 0.165 e. The number of phenolic OH excluding ortho intramolecular Hbond substituents is 3. The quantitative estimate of drug-likeness (QED) is 0.660. The van der Waals surface area contributed by atoms with Crippen molar-refractivity contribution in [1.29, 1.82) is 0 Å². The molecular formula is C14H14O3. The average Bonchev–Trinajstić information content (AvgIpc) is 2.27. The molecule has 3 nitrogen and oxygen atoms in total. The number of benzene rings is 2. The third-order valence-electron chi connectivity index (χ3n) is 2.75. The summed E-state index contributed by atoms with van der Waals surface area (Å²) in [5, 5.41) is 29.3. The third-order valence-corrected chi connectivity index (χ3v) is 2.75. The molecule has 88 valence electrons. The van der Waals surface area contributed by atoms with Crippen LogP contribution in [0, 0.1) is 13.8 Å². The van der Waals surface area contributed by atoms with Gasteiger partial charge in [-0.1, -0.05) is 18.2 Å². The average molecular weight is 230 g/mol. The van der Waals surface area contributed by atoms with Gasteiger partial charge < -0.3 is 15.3 Å². The maximum atomic E-state index is 10.00. The number of para-hydroxylation sites is 1. The SMILES string of the molecule is Cc1cc(C)c(O)c(-c2cccc(O)c2O)c1. The highest BCUT2D eigenvalue weighted by molar-refractivity contribution is 5.79. The molecule has 0 unspecified atom stereocenters. The Kier molecular flexibility index (Phi) is 2.68. The molecular weight excluding hydrogens is 216 g/mol. The van der Waals surface area contributed by atoms with Crippen LogP contribution in [-0.2, 0) is 0 Å². The van der Waals surface area contributed by atoms with Gasteiger partial charge in [-0.2, -0.15) is 0 Å². The van der Waals surface area contributed by atoms with Crippen molar-refractivity contribution in [2.24, 2.45) is 0 Å². The van der Waals surface area contributed by atoms with Crippen LogP contribution in [0.3, 0.4) is 0 Å². The second-order valence-corrected chi connectivity index (χ2v) is 4.15. The van der Waals surface area contributed by atoms with Gasteiger partial charge in [0.1, 0.15) is 5.75 Å². The van der Waals surface area contributed by atoms with Crippen molar-refractivity contribution in [2.45, 2.75) is 13.8 Å². The van der Waals surface area contributed by atoms with Gasteiger partial charge in [-0.3, -0.25) is 0 Å². The minimum absolute atomic E-state index is 0.122. The Labute approximate surface area is 99.6 Å². The maximum absolute atomic E-state index is 10.00. The summed E-state index contributed by atoms with van der Waals surface area (Å²) in [6.07, 6.45) is 0. The van der Waals surface area contributed by atoms with Crippen LogP contribution >= 0.6 is 0 Å². The molecule has 0 saturated heterocycles. The van der Waals surface area contributed by atoms with E-state index in [1.165, 1.54) is 6.07 Å². The Hall–Kier alpha value is -2.16. The molecule has 0 amide bonds. The molecule has 0 bridgehead atoms. The molecule has 0 heterocycles. The zero-order valence-corrected chi connectivity index (χ0v) is 9.73. The van der Waals surface area contributed by atoms with Gasteiger partial charge in [0.2, 0.25) is 0 Å². The Morgan fingerprint density at radius 1 is 0.824 bits per heavy atom. The molecule has 0 saturated carbocycles. The fourth-order valence-corrected chi connectivity index (χ4v) is 1.91. The highest BCUT2D eigenvalue weighted by Gasteiger charge is 2.13. The monoisotopic (exact) mass is 230 g/mol. The first-order chi connectivity index (χ1) is 8.00. The summed E-state index contributed by atoms with van der Waals surface area (Å²) in [6.45, 7) is 3.71. The predicted molar refractivity (Wildman–Crippen MR) is 66.3 cm³/mol. The fourth-order valence-electron chi connectivity index (χ4n) is 1.91. The van der Waals surface area contributed by atoms with Crippen LogP contribution in [0.4, 0.5) is 0 Å². The number of phenols is 3. The van der Waals surface area contributed by atoms with Crippen LogP contribution in [0.15, 0.2) is 30.3 Å². The summed E-state index contributed by atoms with van der Waals surface area (Å²) in [5.74, 6) is -0.287. The number of hydrogen-bond acceptors (Lipinski definition) is 3. The van der Waals surface area contributed by atoms with Crippen LogP contribution in [0.1, 0.15) is 11.1 Å². The first-order valence-electron chi connectivity index (χ1n) is 5.32. The van der Waals surface area contributed by atoms with Gasteiger partial charge in [0.05, 0.1) is 0 Å². The van der Waals surface area contributed by atoms with E-state index in [0.29, 0.717) is 11.1 Å². The fraction of sp³-hybridized carbons (Fsp3) is 0.143. The minimum Gasteiger partial charge on any atom is -0.507 e. The molecule has 2 aromatic carbocycles. The topological polar surface area (TPSA) is 60.7 Å². The molecule has 0 aliphatic heterocycles. The first kappa shape index (κ1) is 11.3. The Morgan fingerprint density at radius 2 is 1.53 bits per heavy atom. The van der Waals surface area contributed by atoms with E-state index in [2.05, 4.69) is 0 Å². The highest BCUT2D eigenvalue weighted by Crippen LogP contribution is 2.41. The van der Waals surface area contributed by atoms with Crippen molar-refractivity contribution in [3.63, 3.8) is 0 Å². The molecule has 0 aliphatic rings. The molecule has 0 aromatic heterocycles. The van der Waals surface area contributed by atoms with Crippen LogP contribution in [0.2, 0.25) is 0 Å². The minimum atomic E-state index is -0.215. The van der Waals surface area contributed by atoms with Crippen molar-refractivity contribution in [3.05, 3.63) is 41.5 Å². The second kappa shape index (κ2) is 4.01. The molecule has 2 aromatic rings. The molecule has 17 heavy (non-hydrogen) atoms. The van der Waals surface area contributed by atoms with Gasteiger partial charge in [0, 0.05) is 11.1 Å². The van der Waals surface area contributed by atoms with Gasteiger partial charge in [-0.15, -0.1) is 0 Å². The van der Waals surface area contributed by atoms with Crippen molar-refractivity contribution in [3.8, 4) is 28.4 Å². The summed E-state index contributed by atoms with van der Waals surface area (Å²) in [7, 11) is 0. The lowest BCUT2D eigenvalue weighted by molar-refractivity contribution is 0.404. The third kappa shape index (κ3) is 1.91. The predicted octanol–water partition coefficient (Wildman–Crippen LogP) is 3.09. The Morgan fingerprint density at radius 3 is 2.24 bits per heavy atom. The molecule has 0 radical (unpaired) electrons. The molecule has 0 fully saturated rings. The van der Waals surface area contributed by atoms with Crippen molar-refractivity contribution in [1.82, 2.24) is 0 Å². The summed E-state index contributed by atoms with van der Waals surface area (Å²) >= 11 is 0. The standard InChI is InChI=1S/C14H14O3/c1-8-6-9(2)13(16)11(7-8)10-4-3-5-12(15)14(10)17/h3-7,15-17H,1-2H3. The molecule has 0 atom stereocenters. The zero-order valence-electron chi connectivity index (χ0n) is 9.73. The van der Waals surface area contributed by atoms with E-state index in [1.807, 2.05) is 13.0 Å². The second-order valence-electron chi connectivity index (χ2n) is 4.15. The number of aryl methyl sites for hydroxylation is 2. The van der Waals surface area contributed by atoms with E-state index in [9.17, 15) is 15.3 Å². The van der Waals surface area contributed by atoms with Gasteiger partial charge in [0.25, 0.3) is 0 Å². The van der Waals surface area contributed by atoms with E-state index in [0.717, 1.165) is 11.1 Å². The van der Waals surface area contributed by atoms with Crippen molar-refractivity contribution in [2.75, 3.05) is 0 Å². The van der Waals surface area contributed by atoms with E-state index in [4.69, 9.17) is 0 Å². The van der Waals surface area contributed by atoms with Gasteiger partial charge in [-0.05, 0) is 37.1 Å². The van der Waals surface area contributed by atoms with Crippen LogP contribution in [0.5, 0.6) is 17.2 Å². The van der Waals surface area contributed by atoms with E-state index >= 15 is 0 Å². The lowest BCUT2D eigenvalue weighted by Crippen LogP contribution is -1.86. The lowest BCUT2D eigenvalue weighted by Gasteiger charge is -2.11. The summed E-state index contributed by atoms with van der Waals surface area (Å²) in [6, 6.07) is 8.32. The van der Waals surface area contributed by atoms with Gasteiger partial charge in [-0.25, -0.2) is 0 Å². The van der Waals surface area contributed by atoms with Crippen molar-refractivity contribution < 1.29 is 15.3 Å². The lowest BCUT2D eigenvalue weighted by atomic mass is 9.98. The summed E-state index contributed by atoms with van der Waals surface area (Å²) in [5.41, 5.74) is 2.67. The van der Waals surface area contributed by atoms with E-state index < -0.39 is 0 Å². The number of aromatic hydroxyl groups is 3. The molecule has 0 aliphatic carbocycles. The molecule has 3 N–H and O–H groups in total. The molecule has 0 spiro atoms. The Bertz CT molecular complexity index is 574. The van der Waals surface area contributed by atoms with Crippen LogP contribution in [0.25, 0.3) is 11.1 Å². The largest absolute Gasteiger partial charge is 0.507 e. The van der Waals surface area contributed by atoms with E-state index in [-0.39, 0.29) is 17.2 Å². The number of rotatable bonds is 1. The summed E-state index contributed by atoms with van der Waals surface area (Å²) in [4.78, 5) is 0. The van der Waals surface area contributed by atoms with Gasteiger partial charge >= 0.3 is 0 Å². The van der Waals surface area contributed by atoms with E-state index in [1.54, 1.807) is 25.1 Å². The van der Waals surface area contributed by atoms with Crippen molar-refractivity contribution >= 4 is 0 Å². The normalized spacial score (nSPS) is 10.5. The summed E-state index contributed by atoms with van der Waals surface area (Å²) < 4.78 is 0.